The van der Waals surface area contributed by atoms with Crippen LogP contribution in [0, 0.1) is 0 Å². The summed E-state index contributed by atoms with van der Waals surface area (Å²) in [4.78, 5) is 0. The number of ether oxygens (including phenoxy) is 3. The molecule has 1 unspecified atom stereocenters. The van der Waals surface area contributed by atoms with Crippen molar-refractivity contribution in [1.82, 2.24) is 5.32 Å². The van der Waals surface area contributed by atoms with Gasteiger partial charge in [0.05, 0.1) is 25.9 Å². The minimum atomic E-state index is -0.454. The van der Waals surface area contributed by atoms with Crippen molar-refractivity contribution >= 4 is 11.6 Å². The number of rotatable bonds is 7. The molecular formula is C15H22ClNO3. The van der Waals surface area contributed by atoms with Crippen LogP contribution in [0.2, 0.25) is 5.02 Å². The first-order valence-electron chi connectivity index (χ1n) is 6.89. The highest BCUT2D eigenvalue weighted by molar-refractivity contribution is 6.30. The largest absolute Gasteiger partial charge is 0.383 e. The van der Waals surface area contributed by atoms with Crippen molar-refractivity contribution in [2.75, 3.05) is 33.5 Å². The van der Waals surface area contributed by atoms with Crippen molar-refractivity contribution in [2.24, 2.45) is 0 Å². The zero-order chi connectivity index (χ0) is 14.4. The lowest BCUT2D eigenvalue weighted by atomic mass is 10.1. The Bertz CT molecular complexity index is 404. The summed E-state index contributed by atoms with van der Waals surface area (Å²) in [5, 5.41) is 4.22. The van der Waals surface area contributed by atoms with Gasteiger partial charge in [0.25, 0.3) is 0 Å². The molecule has 0 aliphatic carbocycles. The van der Waals surface area contributed by atoms with E-state index in [1.165, 1.54) is 0 Å². The highest BCUT2D eigenvalue weighted by Crippen LogP contribution is 2.23. The first kappa shape index (κ1) is 15.7. The molecular weight excluding hydrogens is 278 g/mol. The zero-order valence-corrected chi connectivity index (χ0v) is 12.8. The van der Waals surface area contributed by atoms with Crippen molar-refractivity contribution < 1.29 is 14.2 Å². The van der Waals surface area contributed by atoms with Crippen LogP contribution >= 0.6 is 11.6 Å². The van der Waals surface area contributed by atoms with Gasteiger partial charge in [0.15, 0.2) is 5.79 Å². The molecule has 1 aromatic rings. The lowest BCUT2D eigenvalue weighted by Gasteiger charge is -2.24. The van der Waals surface area contributed by atoms with Crippen LogP contribution in [0.5, 0.6) is 0 Å². The second kappa shape index (κ2) is 7.38. The molecule has 0 aromatic heterocycles. The predicted octanol–water partition coefficient (Wildman–Crippen LogP) is 2.77. The summed E-state index contributed by atoms with van der Waals surface area (Å²) in [6.07, 6.45) is 0.806. The van der Waals surface area contributed by atoms with E-state index in [9.17, 15) is 0 Å². The molecule has 1 aliphatic heterocycles. The number of halogens is 1. The molecule has 1 aromatic carbocycles. The van der Waals surface area contributed by atoms with Gasteiger partial charge in [-0.05, 0) is 24.6 Å². The van der Waals surface area contributed by atoms with E-state index in [0.29, 0.717) is 19.8 Å². The summed E-state index contributed by atoms with van der Waals surface area (Å²) in [6.45, 7) is 4.74. The molecule has 1 heterocycles. The van der Waals surface area contributed by atoms with Crippen LogP contribution in [0.25, 0.3) is 0 Å². The van der Waals surface area contributed by atoms with Gasteiger partial charge in [0.1, 0.15) is 0 Å². The molecule has 0 radical (unpaired) electrons. The van der Waals surface area contributed by atoms with Crippen molar-refractivity contribution in [3.63, 3.8) is 0 Å². The SMILES string of the molecule is COCC(NCCC1(C)OCCO1)c1ccc(Cl)cc1. The Morgan fingerprint density at radius 3 is 2.55 bits per heavy atom. The maximum Gasteiger partial charge on any atom is 0.166 e. The molecule has 4 nitrogen and oxygen atoms in total. The molecule has 112 valence electrons. The molecule has 1 fully saturated rings. The van der Waals surface area contributed by atoms with Crippen LogP contribution in [-0.2, 0) is 14.2 Å². The van der Waals surface area contributed by atoms with Crippen LogP contribution in [0.3, 0.4) is 0 Å². The van der Waals surface area contributed by atoms with Gasteiger partial charge in [0, 0.05) is 25.1 Å². The van der Waals surface area contributed by atoms with Crippen LogP contribution in [0.1, 0.15) is 24.9 Å². The Morgan fingerprint density at radius 1 is 1.30 bits per heavy atom. The fourth-order valence-corrected chi connectivity index (χ4v) is 2.44. The van der Waals surface area contributed by atoms with Crippen molar-refractivity contribution in [2.45, 2.75) is 25.2 Å². The van der Waals surface area contributed by atoms with Crippen LogP contribution in [-0.4, -0.2) is 39.3 Å². The van der Waals surface area contributed by atoms with E-state index in [2.05, 4.69) is 5.32 Å². The van der Waals surface area contributed by atoms with Crippen molar-refractivity contribution in [3.05, 3.63) is 34.9 Å². The average molecular weight is 300 g/mol. The number of hydrogen-bond donors (Lipinski definition) is 1. The quantitative estimate of drug-likeness (QED) is 0.840. The van der Waals surface area contributed by atoms with E-state index in [-0.39, 0.29) is 6.04 Å². The van der Waals surface area contributed by atoms with Gasteiger partial charge in [-0.1, -0.05) is 23.7 Å². The van der Waals surface area contributed by atoms with E-state index >= 15 is 0 Å². The summed E-state index contributed by atoms with van der Waals surface area (Å²) in [6, 6.07) is 7.96. The minimum Gasteiger partial charge on any atom is -0.383 e. The molecule has 0 spiro atoms. The molecule has 0 bridgehead atoms. The van der Waals surface area contributed by atoms with Gasteiger partial charge >= 0.3 is 0 Å². The number of nitrogens with one attached hydrogen (secondary N) is 1. The van der Waals surface area contributed by atoms with E-state index in [4.69, 9.17) is 25.8 Å². The molecule has 1 aliphatic rings. The van der Waals surface area contributed by atoms with Gasteiger partial charge in [-0.15, -0.1) is 0 Å². The lowest BCUT2D eigenvalue weighted by Crippen LogP contribution is -2.33. The maximum atomic E-state index is 5.92. The highest BCUT2D eigenvalue weighted by Gasteiger charge is 2.30. The normalized spacial score (nSPS) is 19.1. The molecule has 1 N–H and O–H groups in total. The number of benzene rings is 1. The smallest absolute Gasteiger partial charge is 0.166 e. The lowest BCUT2D eigenvalue weighted by molar-refractivity contribution is -0.146. The molecule has 5 heteroatoms. The van der Waals surface area contributed by atoms with E-state index < -0.39 is 5.79 Å². The van der Waals surface area contributed by atoms with Gasteiger partial charge in [-0.25, -0.2) is 0 Å². The standard InChI is InChI=1S/C15H22ClNO3/c1-15(19-9-10-20-15)7-8-17-14(11-18-2)12-3-5-13(16)6-4-12/h3-6,14,17H,7-11H2,1-2H3. The van der Waals surface area contributed by atoms with E-state index in [1.807, 2.05) is 31.2 Å². The van der Waals surface area contributed by atoms with E-state index in [1.54, 1.807) is 7.11 Å². The summed E-state index contributed by atoms with van der Waals surface area (Å²) in [5.74, 6) is -0.454. The third-order valence-corrected chi connectivity index (χ3v) is 3.73. The second-order valence-electron chi connectivity index (χ2n) is 5.09. The highest BCUT2D eigenvalue weighted by atomic mass is 35.5. The molecule has 2 rings (SSSR count). The molecule has 0 amide bonds. The van der Waals surface area contributed by atoms with Crippen LogP contribution in [0.4, 0.5) is 0 Å². The minimum absolute atomic E-state index is 0.141. The van der Waals surface area contributed by atoms with Crippen LogP contribution < -0.4 is 5.32 Å². The van der Waals surface area contributed by atoms with Gasteiger partial charge in [-0.3, -0.25) is 0 Å². The Hall–Kier alpha value is -0.650. The summed E-state index contributed by atoms with van der Waals surface area (Å²) >= 11 is 5.92. The molecule has 1 atom stereocenters. The summed E-state index contributed by atoms with van der Waals surface area (Å²) < 4.78 is 16.5. The number of hydrogen-bond acceptors (Lipinski definition) is 4. The fourth-order valence-electron chi connectivity index (χ4n) is 2.31. The summed E-state index contributed by atoms with van der Waals surface area (Å²) in [7, 11) is 1.70. The molecule has 20 heavy (non-hydrogen) atoms. The molecule has 1 saturated heterocycles. The Labute approximate surface area is 125 Å². The zero-order valence-electron chi connectivity index (χ0n) is 12.0. The van der Waals surface area contributed by atoms with E-state index in [0.717, 1.165) is 23.6 Å². The third-order valence-electron chi connectivity index (χ3n) is 3.47. The molecule has 0 saturated carbocycles. The Kier molecular flexibility index (Phi) is 5.81. The van der Waals surface area contributed by atoms with Crippen molar-refractivity contribution in [3.8, 4) is 0 Å². The first-order valence-corrected chi connectivity index (χ1v) is 7.26. The predicted molar refractivity (Wildman–Crippen MR) is 79.0 cm³/mol. The van der Waals surface area contributed by atoms with Gasteiger partial charge in [0.2, 0.25) is 0 Å². The Morgan fingerprint density at radius 2 is 1.95 bits per heavy atom. The van der Waals surface area contributed by atoms with Crippen LogP contribution in [0.15, 0.2) is 24.3 Å². The first-order chi connectivity index (χ1) is 9.63. The number of methoxy groups -OCH3 is 1. The average Bonchev–Trinajstić information content (AvgIpc) is 2.86. The third kappa shape index (κ3) is 4.43. The Balaban J connectivity index is 1.87. The monoisotopic (exact) mass is 299 g/mol. The maximum absolute atomic E-state index is 5.92. The fraction of sp³-hybridized carbons (Fsp3) is 0.600. The topological polar surface area (TPSA) is 39.7 Å². The van der Waals surface area contributed by atoms with Gasteiger partial charge < -0.3 is 19.5 Å². The van der Waals surface area contributed by atoms with Gasteiger partial charge in [-0.2, -0.15) is 0 Å². The van der Waals surface area contributed by atoms with Crippen molar-refractivity contribution in [1.29, 1.82) is 0 Å². The second-order valence-corrected chi connectivity index (χ2v) is 5.53. The summed E-state index contributed by atoms with van der Waals surface area (Å²) in [5.41, 5.74) is 1.16.